The summed E-state index contributed by atoms with van der Waals surface area (Å²) in [5.41, 5.74) is 6.06. The molecule has 19 heavy (non-hydrogen) atoms. The molecule has 0 atom stereocenters. The molecular formula is C13H15BrN2O3. The number of rotatable bonds is 5. The zero-order chi connectivity index (χ0) is 14.0. The number of anilines is 1. The van der Waals surface area contributed by atoms with Gasteiger partial charge in [0.15, 0.2) is 0 Å². The van der Waals surface area contributed by atoms with Crippen LogP contribution in [-0.4, -0.2) is 22.5 Å². The number of primary amides is 1. The maximum Gasteiger partial charge on any atom is 0.305 e. The fourth-order valence-corrected chi connectivity index (χ4v) is 2.91. The Kier molecular flexibility index (Phi) is 3.80. The zero-order valence-electron chi connectivity index (χ0n) is 10.3. The molecule has 0 spiro atoms. The molecule has 1 aromatic carbocycles. The summed E-state index contributed by atoms with van der Waals surface area (Å²) in [6.07, 6.45) is 2.81. The third-order valence-corrected chi connectivity index (χ3v) is 4.10. The van der Waals surface area contributed by atoms with Crippen LogP contribution >= 0.6 is 15.9 Å². The number of hydrogen-bond acceptors (Lipinski definition) is 3. The number of carbonyl (C=O) groups excluding carboxylic acids is 1. The number of carboxylic acid groups (broad SMARTS) is 1. The molecule has 0 bridgehead atoms. The molecule has 0 radical (unpaired) electrons. The van der Waals surface area contributed by atoms with Gasteiger partial charge in [0, 0.05) is 15.7 Å². The molecule has 0 unspecified atom stereocenters. The maximum absolute atomic E-state index is 11.1. The lowest BCUT2D eigenvalue weighted by atomic mass is 9.74. The van der Waals surface area contributed by atoms with Gasteiger partial charge in [0.1, 0.15) is 0 Å². The van der Waals surface area contributed by atoms with E-state index in [1.807, 2.05) is 0 Å². The van der Waals surface area contributed by atoms with E-state index in [-0.39, 0.29) is 12.0 Å². The first-order chi connectivity index (χ1) is 8.92. The van der Waals surface area contributed by atoms with Gasteiger partial charge in [-0.2, -0.15) is 0 Å². The summed E-state index contributed by atoms with van der Waals surface area (Å²) in [6, 6.07) is 5.12. The van der Waals surface area contributed by atoms with Crippen molar-refractivity contribution in [2.45, 2.75) is 31.2 Å². The molecule has 0 saturated heterocycles. The number of carboxylic acids is 1. The van der Waals surface area contributed by atoms with Crippen LogP contribution in [0.25, 0.3) is 0 Å². The molecule has 1 amide bonds. The molecule has 0 aliphatic heterocycles. The first kappa shape index (κ1) is 13.9. The predicted octanol–water partition coefficient (Wildman–Crippen LogP) is 2.36. The van der Waals surface area contributed by atoms with E-state index in [4.69, 9.17) is 10.8 Å². The number of nitrogens with two attached hydrogens (primary N) is 1. The predicted molar refractivity (Wildman–Crippen MR) is 75.1 cm³/mol. The van der Waals surface area contributed by atoms with Gasteiger partial charge < -0.3 is 16.2 Å². The second-order valence-corrected chi connectivity index (χ2v) is 5.74. The van der Waals surface area contributed by atoms with Crippen LogP contribution in [0.15, 0.2) is 22.7 Å². The number of benzene rings is 1. The third-order valence-electron chi connectivity index (χ3n) is 3.44. The molecule has 0 aromatic heterocycles. The molecule has 2 rings (SSSR count). The molecule has 1 aromatic rings. The van der Waals surface area contributed by atoms with Crippen molar-refractivity contribution in [3.63, 3.8) is 0 Å². The van der Waals surface area contributed by atoms with Crippen molar-refractivity contribution in [3.05, 3.63) is 28.2 Å². The Morgan fingerprint density at radius 1 is 1.42 bits per heavy atom. The Labute approximate surface area is 119 Å². The molecule has 6 heteroatoms. The smallest absolute Gasteiger partial charge is 0.305 e. The molecule has 1 aliphatic rings. The molecule has 1 fully saturated rings. The number of hydrogen-bond donors (Lipinski definition) is 3. The number of halogens is 1. The monoisotopic (exact) mass is 326 g/mol. The van der Waals surface area contributed by atoms with Crippen LogP contribution in [0.1, 0.15) is 36.0 Å². The van der Waals surface area contributed by atoms with Gasteiger partial charge in [0.2, 0.25) is 5.91 Å². The van der Waals surface area contributed by atoms with Gasteiger partial charge in [-0.25, -0.2) is 0 Å². The van der Waals surface area contributed by atoms with E-state index >= 15 is 0 Å². The van der Waals surface area contributed by atoms with Crippen LogP contribution in [0, 0.1) is 0 Å². The van der Waals surface area contributed by atoms with Crippen molar-refractivity contribution in [1.82, 2.24) is 0 Å². The maximum atomic E-state index is 11.1. The van der Waals surface area contributed by atoms with Gasteiger partial charge in [-0.3, -0.25) is 9.59 Å². The average molecular weight is 327 g/mol. The Morgan fingerprint density at radius 2 is 2.11 bits per heavy atom. The van der Waals surface area contributed by atoms with Crippen molar-refractivity contribution in [2.75, 3.05) is 5.32 Å². The number of aliphatic carboxylic acids is 1. The summed E-state index contributed by atoms with van der Waals surface area (Å²) in [4.78, 5) is 22.0. The quantitative estimate of drug-likeness (QED) is 0.774. The Balaban J connectivity index is 2.17. The second kappa shape index (κ2) is 5.21. The molecule has 5 nitrogen and oxygen atoms in total. The van der Waals surface area contributed by atoms with Crippen molar-refractivity contribution < 1.29 is 14.7 Å². The van der Waals surface area contributed by atoms with Crippen LogP contribution in [0.5, 0.6) is 0 Å². The van der Waals surface area contributed by atoms with Gasteiger partial charge >= 0.3 is 5.97 Å². The van der Waals surface area contributed by atoms with Crippen LogP contribution in [0.2, 0.25) is 0 Å². The molecule has 1 aliphatic carbocycles. The SMILES string of the molecule is NC(=O)c1ccc(NC2(CC(=O)O)CCC2)cc1Br. The highest BCUT2D eigenvalue weighted by Crippen LogP contribution is 2.38. The van der Waals surface area contributed by atoms with Gasteiger partial charge in [0.25, 0.3) is 0 Å². The summed E-state index contributed by atoms with van der Waals surface area (Å²) >= 11 is 3.29. The third kappa shape index (κ3) is 3.07. The fourth-order valence-electron chi connectivity index (χ4n) is 2.34. The van der Waals surface area contributed by atoms with Crippen molar-refractivity contribution in [1.29, 1.82) is 0 Å². The standard InChI is InChI=1S/C13H15BrN2O3/c14-10-6-8(2-3-9(10)12(15)19)16-13(4-1-5-13)7-11(17)18/h2-3,6,16H,1,4-5,7H2,(H2,15,19)(H,17,18). The Bertz CT molecular complexity index is 527. The van der Waals surface area contributed by atoms with Crippen LogP contribution < -0.4 is 11.1 Å². The van der Waals surface area contributed by atoms with Gasteiger partial charge in [-0.1, -0.05) is 0 Å². The molecule has 102 valence electrons. The number of carbonyl (C=O) groups is 2. The van der Waals surface area contributed by atoms with E-state index in [0.29, 0.717) is 10.0 Å². The van der Waals surface area contributed by atoms with E-state index in [1.54, 1.807) is 18.2 Å². The van der Waals surface area contributed by atoms with Crippen LogP contribution in [0.3, 0.4) is 0 Å². The van der Waals surface area contributed by atoms with E-state index in [2.05, 4.69) is 21.2 Å². The largest absolute Gasteiger partial charge is 0.481 e. The summed E-state index contributed by atoms with van der Waals surface area (Å²) in [5.74, 6) is -1.30. The summed E-state index contributed by atoms with van der Waals surface area (Å²) in [7, 11) is 0. The molecular weight excluding hydrogens is 312 g/mol. The Hall–Kier alpha value is -1.56. The normalized spacial score (nSPS) is 16.5. The summed E-state index contributed by atoms with van der Waals surface area (Å²) < 4.78 is 0.606. The van der Waals surface area contributed by atoms with Crippen molar-refractivity contribution >= 4 is 33.5 Å². The lowest BCUT2D eigenvalue weighted by molar-refractivity contribution is -0.138. The van der Waals surface area contributed by atoms with Gasteiger partial charge in [-0.05, 0) is 53.4 Å². The lowest BCUT2D eigenvalue weighted by Gasteiger charge is -2.42. The van der Waals surface area contributed by atoms with Crippen molar-refractivity contribution in [2.24, 2.45) is 5.73 Å². The molecule has 0 heterocycles. The average Bonchev–Trinajstić information content (AvgIpc) is 2.25. The highest BCUT2D eigenvalue weighted by atomic mass is 79.9. The minimum Gasteiger partial charge on any atom is -0.481 e. The fraction of sp³-hybridized carbons (Fsp3) is 0.385. The molecule has 1 saturated carbocycles. The first-order valence-electron chi connectivity index (χ1n) is 6.01. The number of amides is 1. The van der Waals surface area contributed by atoms with Crippen LogP contribution in [0.4, 0.5) is 5.69 Å². The van der Waals surface area contributed by atoms with Crippen LogP contribution in [-0.2, 0) is 4.79 Å². The summed E-state index contributed by atoms with van der Waals surface area (Å²) in [5, 5.41) is 12.2. The van der Waals surface area contributed by atoms with Crippen molar-refractivity contribution in [3.8, 4) is 0 Å². The highest BCUT2D eigenvalue weighted by Gasteiger charge is 2.38. The minimum atomic E-state index is -0.806. The van der Waals surface area contributed by atoms with E-state index in [9.17, 15) is 9.59 Å². The summed E-state index contributed by atoms with van der Waals surface area (Å²) in [6.45, 7) is 0. The highest BCUT2D eigenvalue weighted by molar-refractivity contribution is 9.10. The lowest BCUT2D eigenvalue weighted by Crippen LogP contribution is -2.46. The van der Waals surface area contributed by atoms with E-state index < -0.39 is 11.9 Å². The van der Waals surface area contributed by atoms with E-state index in [1.165, 1.54) is 0 Å². The number of nitrogens with one attached hydrogen (secondary N) is 1. The van der Waals surface area contributed by atoms with Gasteiger partial charge in [0.05, 0.1) is 12.0 Å². The Morgan fingerprint density at radius 3 is 2.53 bits per heavy atom. The first-order valence-corrected chi connectivity index (χ1v) is 6.80. The topological polar surface area (TPSA) is 92.4 Å². The van der Waals surface area contributed by atoms with E-state index in [0.717, 1.165) is 24.9 Å². The zero-order valence-corrected chi connectivity index (χ0v) is 11.9. The molecule has 4 N–H and O–H groups in total. The second-order valence-electron chi connectivity index (χ2n) is 4.89. The van der Waals surface area contributed by atoms with Gasteiger partial charge in [-0.15, -0.1) is 0 Å². The minimum absolute atomic E-state index is 0.0994.